The molecule has 0 aliphatic carbocycles. The minimum Gasteiger partial charge on any atom is -0.311 e. The van der Waals surface area contributed by atoms with Crippen LogP contribution in [0.5, 0.6) is 0 Å². The fourth-order valence-corrected chi connectivity index (χ4v) is 4.57. The Hall–Kier alpha value is -3.38. The van der Waals surface area contributed by atoms with Crippen molar-refractivity contribution in [2.45, 2.75) is 4.90 Å². The van der Waals surface area contributed by atoms with Gasteiger partial charge in [0, 0.05) is 24.3 Å². The van der Waals surface area contributed by atoms with Crippen LogP contribution in [0.2, 0.25) is 0 Å². The predicted octanol–water partition coefficient (Wildman–Crippen LogP) is 4.15. The summed E-state index contributed by atoms with van der Waals surface area (Å²) in [6, 6.07) is 24.4. The van der Waals surface area contributed by atoms with Crippen LogP contribution in [-0.2, 0) is 10.0 Å². The molecule has 1 aromatic heterocycles. The second-order valence-corrected chi connectivity index (χ2v) is 8.19. The van der Waals surface area contributed by atoms with Crippen molar-refractivity contribution in [1.82, 2.24) is 3.97 Å². The number of fused-ring (bicyclic) bond motifs is 1. The average molecular weight is 390 g/mol. The fraction of sp³-hybridized carbons (Fsp3) is 0.0455. The van der Waals surface area contributed by atoms with Gasteiger partial charge in [-0.2, -0.15) is 0 Å². The lowest BCUT2D eigenvalue weighted by molar-refractivity contribution is 0.0994. The molecular weight excluding hydrogens is 372 g/mol. The van der Waals surface area contributed by atoms with Crippen LogP contribution in [0.25, 0.3) is 10.9 Å². The summed E-state index contributed by atoms with van der Waals surface area (Å²) in [4.78, 5) is 14.8. The van der Waals surface area contributed by atoms with E-state index in [0.29, 0.717) is 16.5 Å². The molecule has 28 heavy (non-hydrogen) atoms. The van der Waals surface area contributed by atoms with E-state index in [0.717, 1.165) is 5.69 Å². The highest BCUT2D eigenvalue weighted by Crippen LogP contribution is 2.27. The zero-order chi connectivity index (χ0) is 19.7. The van der Waals surface area contributed by atoms with Crippen LogP contribution in [-0.4, -0.2) is 25.3 Å². The molecule has 1 heterocycles. The van der Waals surface area contributed by atoms with E-state index in [1.54, 1.807) is 61.6 Å². The van der Waals surface area contributed by atoms with Crippen LogP contribution in [0.4, 0.5) is 5.69 Å². The number of aromatic nitrogens is 1. The maximum Gasteiger partial charge on any atom is 0.268 e. The quantitative estimate of drug-likeness (QED) is 0.526. The van der Waals surface area contributed by atoms with E-state index in [1.165, 1.54) is 15.1 Å². The number of carbonyl (C=O) groups excluding carboxylic acids is 1. The average Bonchev–Trinajstić information content (AvgIpc) is 3.14. The normalized spacial score (nSPS) is 11.5. The molecule has 0 aliphatic rings. The lowest BCUT2D eigenvalue weighted by atomic mass is 10.1. The Labute approximate surface area is 163 Å². The minimum atomic E-state index is -3.82. The molecule has 0 radical (unpaired) electrons. The molecule has 0 saturated carbocycles. The number of rotatable bonds is 4. The van der Waals surface area contributed by atoms with E-state index in [-0.39, 0.29) is 10.8 Å². The van der Waals surface area contributed by atoms with Crippen molar-refractivity contribution < 1.29 is 13.2 Å². The van der Waals surface area contributed by atoms with Crippen LogP contribution >= 0.6 is 0 Å². The molecule has 3 aromatic carbocycles. The van der Waals surface area contributed by atoms with Crippen molar-refractivity contribution in [1.29, 1.82) is 0 Å². The van der Waals surface area contributed by atoms with Gasteiger partial charge in [-0.25, -0.2) is 12.4 Å². The number of nitrogens with zero attached hydrogens (tertiary/aromatic N) is 2. The van der Waals surface area contributed by atoms with Crippen LogP contribution in [0, 0.1) is 0 Å². The monoisotopic (exact) mass is 390 g/mol. The van der Waals surface area contributed by atoms with Gasteiger partial charge in [-0.3, -0.25) is 4.79 Å². The number of hydrogen-bond donors (Lipinski definition) is 0. The Kier molecular flexibility index (Phi) is 4.49. The van der Waals surface area contributed by atoms with Crippen LogP contribution in [0.15, 0.2) is 96.0 Å². The van der Waals surface area contributed by atoms with Crippen LogP contribution in [0.1, 0.15) is 10.4 Å². The molecule has 0 bridgehead atoms. The zero-order valence-corrected chi connectivity index (χ0v) is 16.0. The maximum atomic E-state index is 13.2. The smallest absolute Gasteiger partial charge is 0.268 e. The summed E-state index contributed by atoms with van der Waals surface area (Å²) in [7, 11) is -2.15. The Morgan fingerprint density at radius 2 is 1.39 bits per heavy atom. The van der Waals surface area contributed by atoms with E-state index < -0.39 is 10.0 Å². The second kappa shape index (κ2) is 6.98. The number of hydrogen-bond acceptors (Lipinski definition) is 3. The third-order valence-corrected chi connectivity index (χ3v) is 6.34. The van der Waals surface area contributed by atoms with Gasteiger partial charge in [-0.15, -0.1) is 0 Å². The number of anilines is 1. The predicted molar refractivity (Wildman–Crippen MR) is 110 cm³/mol. The number of amides is 1. The van der Waals surface area contributed by atoms with Crippen molar-refractivity contribution in [3.63, 3.8) is 0 Å². The third kappa shape index (κ3) is 2.97. The van der Waals surface area contributed by atoms with E-state index in [4.69, 9.17) is 0 Å². The summed E-state index contributed by atoms with van der Waals surface area (Å²) in [5, 5.41) is 0.592. The van der Waals surface area contributed by atoms with Gasteiger partial charge in [0.05, 0.1) is 16.0 Å². The van der Waals surface area contributed by atoms with Gasteiger partial charge in [-0.05, 0) is 30.3 Å². The molecule has 0 aliphatic heterocycles. The highest BCUT2D eigenvalue weighted by Gasteiger charge is 2.25. The Morgan fingerprint density at radius 1 is 0.821 bits per heavy atom. The molecule has 0 saturated heterocycles. The van der Waals surface area contributed by atoms with E-state index in [1.807, 2.05) is 30.3 Å². The van der Waals surface area contributed by atoms with Crippen molar-refractivity contribution in [3.05, 3.63) is 96.7 Å². The summed E-state index contributed by atoms with van der Waals surface area (Å²) in [6.45, 7) is 0. The SMILES string of the molecule is CN(C(=O)c1cn(S(=O)(=O)c2ccccc2)c2ccccc12)c1ccccc1. The molecule has 0 N–H and O–H groups in total. The molecule has 4 rings (SSSR count). The zero-order valence-electron chi connectivity index (χ0n) is 15.2. The van der Waals surface area contributed by atoms with E-state index in [9.17, 15) is 13.2 Å². The first-order chi connectivity index (χ1) is 13.5. The fourth-order valence-electron chi connectivity index (χ4n) is 3.17. The molecule has 0 fully saturated rings. The molecule has 0 unspecified atom stereocenters. The third-order valence-electron chi connectivity index (χ3n) is 4.66. The standard InChI is InChI=1S/C22H18N2O3S/c1-23(17-10-4-2-5-11-17)22(25)20-16-24(21-15-9-8-14-19(20)21)28(26,27)18-12-6-3-7-13-18/h2-16H,1H3. The molecule has 0 spiro atoms. The highest BCUT2D eigenvalue weighted by atomic mass is 32.2. The van der Waals surface area contributed by atoms with Crippen molar-refractivity contribution in [3.8, 4) is 0 Å². The largest absolute Gasteiger partial charge is 0.311 e. The molecule has 1 amide bonds. The number of benzene rings is 3. The van der Waals surface area contributed by atoms with Crippen LogP contribution < -0.4 is 4.90 Å². The molecule has 5 nitrogen and oxygen atoms in total. The molecular formula is C22H18N2O3S. The first-order valence-corrected chi connectivity index (χ1v) is 10.2. The Bertz CT molecular complexity index is 1250. The summed E-state index contributed by atoms with van der Waals surface area (Å²) in [5.41, 5.74) is 1.54. The van der Waals surface area contributed by atoms with Crippen LogP contribution in [0.3, 0.4) is 0 Å². The van der Waals surface area contributed by atoms with Gasteiger partial charge >= 0.3 is 0 Å². The maximum absolute atomic E-state index is 13.2. The van der Waals surface area contributed by atoms with Gasteiger partial charge < -0.3 is 4.90 Å². The molecule has 4 aromatic rings. The molecule has 140 valence electrons. The van der Waals surface area contributed by atoms with Gasteiger partial charge in [0.1, 0.15) is 0 Å². The first-order valence-electron chi connectivity index (χ1n) is 8.74. The van der Waals surface area contributed by atoms with Gasteiger partial charge in [0.2, 0.25) is 0 Å². The molecule has 6 heteroatoms. The summed E-state index contributed by atoms with van der Waals surface area (Å²) < 4.78 is 27.5. The van der Waals surface area contributed by atoms with Crippen molar-refractivity contribution >= 4 is 32.5 Å². The van der Waals surface area contributed by atoms with Gasteiger partial charge in [-0.1, -0.05) is 54.6 Å². The lowest BCUT2D eigenvalue weighted by Crippen LogP contribution is -2.26. The first kappa shape index (κ1) is 18.0. The lowest BCUT2D eigenvalue weighted by Gasteiger charge is -2.16. The van der Waals surface area contributed by atoms with Gasteiger partial charge in [0.25, 0.3) is 15.9 Å². The van der Waals surface area contributed by atoms with E-state index in [2.05, 4.69) is 0 Å². The Morgan fingerprint density at radius 3 is 2.07 bits per heavy atom. The van der Waals surface area contributed by atoms with E-state index >= 15 is 0 Å². The number of para-hydroxylation sites is 2. The second-order valence-electron chi connectivity index (χ2n) is 6.37. The van der Waals surface area contributed by atoms with Gasteiger partial charge in [0.15, 0.2) is 0 Å². The van der Waals surface area contributed by atoms with Crippen molar-refractivity contribution in [2.24, 2.45) is 0 Å². The highest BCUT2D eigenvalue weighted by molar-refractivity contribution is 7.90. The molecule has 0 atom stereocenters. The topological polar surface area (TPSA) is 59.4 Å². The Balaban J connectivity index is 1.87. The van der Waals surface area contributed by atoms with Crippen molar-refractivity contribution in [2.75, 3.05) is 11.9 Å². The summed E-state index contributed by atoms with van der Waals surface area (Å²) >= 11 is 0. The number of carbonyl (C=O) groups is 1. The summed E-state index contributed by atoms with van der Waals surface area (Å²) in [5.74, 6) is -0.274. The minimum absolute atomic E-state index is 0.172. The summed E-state index contributed by atoms with van der Waals surface area (Å²) in [6.07, 6.45) is 1.41.